The number of likely N-dealkylation sites (tertiary alicyclic amines) is 1. The van der Waals surface area contributed by atoms with Crippen molar-refractivity contribution >= 4 is 40.7 Å². The zero-order chi connectivity index (χ0) is 25.2. The molecule has 2 aromatic rings. The normalized spacial score (nSPS) is 14.2. The van der Waals surface area contributed by atoms with Crippen molar-refractivity contribution in [2.24, 2.45) is 0 Å². The van der Waals surface area contributed by atoms with E-state index in [9.17, 15) is 9.59 Å². The van der Waals surface area contributed by atoms with Crippen LogP contribution in [0.2, 0.25) is 10.0 Å². The Balaban J connectivity index is 1.79. The number of piperidine rings is 1. The largest absolute Gasteiger partial charge is 0.322 e. The number of carbonyl (C=O) groups is 2. The molecule has 2 aromatic carbocycles. The van der Waals surface area contributed by atoms with Gasteiger partial charge in [-0.2, -0.15) is 0 Å². The summed E-state index contributed by atoms with van der Waals surface area (Å²) in [5.41, 5.74) is 2.43. The van der Waals surface area contributed by atoms with Crippen molar-refractivity contribution in [2.75, 3.05) is 25.0 Å². The summed E-state index contributed by atoms with van der Waals surface area (Å²) in [7, 11) is 0. The third kappa shape index (κ3) is 7.86. The molecule has 0 atom stereocenters. The number of carbonyl (C=O) groups excluding carboxylic acids is 2. The second-order valence-electron chi connectivity index (χ2n) is 8.68. The molecule has 184 valence electrons. The van der Waals surface area contributed by atoms with E-state index in [1.54, 1.807) is 18.2 Å². The Morgan fingerprint density at radius 1 is 1.14 bits per heavy atom. The maximum Gasteiger partial charge on any atom is 0.322 e. The van der Waals surface area contributed by atoms with Crippen LogP contribution in [-0.4, -0.2) is 47.3 Å². The number of nitrogens with zero attached hydrogens (tertiary/aromatic N) is 2. The number of anilines is 1. The van der Waals surface area contributed by atoms with Crippen LogP contribution in [0.4, 0.5) is 10.5 Å². The molecular weight excluding hydrogens is 481 g/mol. The van der Waals surface area contributed by atoms with Gasteiger partial charge in [0.25, 0.3) is 0 Å². The topological polar surface area (TPSA) is 52.7 Å². The molecule has 7 heteroatoms. The number of amides is 2. The first kappa shape index (κ1) is 26.8. The smallest absolute Gasteiger partial charge is 0.317 e. The van der Waals surface area contributed by atoms with E-state index in [1.807, 2.05) is 29.2 Å². The number of hydrogen-bond acceptors (Lipinski definition) is 3. The minimum atomic E-state index is -0.209. The van der Waals surface area contributed by atoms with Crippen molar-refractivity contribution in [2.45, 2.75) is 44.7 Å². The van der Waals surface area contributed by atoms with Gasteiger partial charge in [0.05, 0.1) is 10.0 Å². The van der Waals surface area contributed by atoms with Crippen LogP contribution in [0.5, 0.6) is 0 Å². The van der Waals surface area contributed by atoms with E-state index >= 15 is 0 Å². The lowest BCUT2D eigenvalue weighted by atomic mass is 9.99. The first-order chi connectivity index (χ1) is 16.9. The van der Waals surface area contributed by atoms with Crippen LogP contribution in [0.3, 0.4) is 0 Å². The number of halogens is 2. The lowest BCUT2D eigenvalue weighted by molar-refractivity contribution is -0.114. The van der Waals surface area contributed by atoms with E-state index in [2.05, 4.69) is 22.7 Å². The molecule has 3 rings (SSSR count). The van der Waals surface area contributed by atoms with Gasteiger partial charge in [0.2, 0.25) is 0 Å². The number of allylic oxidation sites excluding steroid dienone is 1. The first-order valence-electron chi connectivity index (χ1n) is 11.8. The molecule has 1 aliphatic heterocycles. The number of hydrogen-bond donors (Lipinski definition) is 1. The van der Waals surface area contributed by atoms with Gasteiger partial charge in [0.15, 0.2) is 5.78 Å². The Bertz CT molecular complexity index is 1090. The number of ketones is 1. The molecule has 2 amide bonds. The summed E-state index contributed by atoms with van der Waals surface area (Å²) in [6.45, 7) is 6.76. The van der Waals surface area contributed by atoms with E-state index in [1.165, 1.54) is 6.08 Å². The average Bonchev–Trinajstić information content (AvgIpc) is 2.86. The van der Waals surface area contributed by atoms with E-state index in [0.717, 1.165) is 56.4 Å². The van der Waals surface area contributed by atoms with Crippen LogP contribution >= 0.6 is 23.2 Å². The predicted molar refractivity (Wildman–Crippen MR) is 144 cm³/mol. The lowest BCUT2D eigenvalue weighted by Crippen LogP contribution is -2.48. The summed E-state index contributed by atoms with van der Waals surface area (Å²) in [4.78, 5) is 29.8. The summed E-state index contributed by atoms with van der Waals surface area (Å²) in [6.07, 6.45) is 10.5. The highest BCUT2D eigenvalue weighted by Crippen LogP contribution is 2.27. The van der Waals surface area contributed by atoms with Crippen molar-refractivity contribution in [3.8, 4) is 12.3 Å². The number of unbranched alkanes of at least 4 members (excludes halogenated alkanes) is 1. The molecule has 0 spiro atoms. The van der Waals surface area contributed by atoms with Gasteiger partial charge in [0, 0.05) is 44.2 Å². The number of rotatable bonds is 10. The molecule has 0 saturated carbocycles. The summed E-state index contributed by atoms with van der Waals surface area (Å²) in [5.74, 6) is 2.64. The summed E-state index contributed by atoms with van der Waals surface area (Å²) < 4.78 is 0. The van der Waals surface area contributed by atoms with Crippen LogP contribution in [-0.2, 0) is 17.8 Å². The number of benzene rings is 2. The van der Waals surface area contributed by atoms with Gasteiger partial charge < -0.3 is 15.1 Å². The zero-order valence-corrected chi connectivity index (χ0v) is 21.3. The van der Waals surface area contributed by atoms with Gasteiger partial charge in [0.1, 0.15) is 0 Å². The Morgan fingerprint density at radius 2 is 1.86 bits per heavy atom. The maximum absolute atomic E-state index is 13.5. The zero-order valence-electron chi connectivity index (χ0n) is 19.8. The van der Waals surface area contributed by atoms with E-state index < -0.39 is 0 Å². The molecular formula is C28H31Cl2N3O2. The van der Waals surface area contributed by atoms with Crippen molar-refractivity contribution in [1.82, 2.24) is 9.80 Å². The van der Waals surface area contributed by atoms with Gasteiger partial charge in [-0.25, -0.2) is 4.79 Å². The van der Waals surface area contributed by atoms with E-state index in [0.29, 0.717) is 22.3 Å². The highest BCUT2D eigenvalue weighted by molar-refractivity contribution is 6.42. The Morgan fingerprint density at radius 3 is 2.51 bits per heavy atom. The molecule has 0 bridgehead atoms. The van der Waals surface area contributed by atoms with Crippen molar-refractivity contribution < 1.29 is 9.59 Å². The SMILES string of the molecule is C#CCCCN1CCC(N(Cc2ccccc2CC(=O)C=C)C(=O)Nc2ccc(Cl)c(Cl)c2)CC1. The second kappa shape index (κ2) is 13.3. The minimum Gasteiger partial charge on any atom is -0.317 e. The monoisotopic (exact) mass is 511 g/mol. The first-order valence-corrected chi connectivity index (χ1v) is 12.6. The molecule has 35 heavy (non-hydrogen) atoms. The van der Waals surface area contributed by atoms with E-state index in [4.69, 9.17) is 29.6 Å². The number of nitrogens with one attached hydrogen (secondary N) is 1. The van der Waals surface area contributed by atoms with Crippen LogP contribution in [0, 0.1) is 12.3 Å². The van der Waals surface area contributed by atoms with Gasteiger partial charge >= 0.3 is 6.03 Å². The van der Waals surface area contributed by atoms with Gasteiger partial charge in [-0.3, -0.25) is 4.79 Å². The fraction of sp³-hybridized carbons (Fsp3) is 0.357. The highest BCUT2D eigenvalue weighted by atomic mass is 35.5. The van der Waals surface area contributed by atoms with Crippen LogP contribution < -0.4 is 5.32 Å². The van der Waals surface area contributed by atoms with Crippen molar-refractivity contribution in [1.29, 1.82) is 0 Å². The lowest BCUT2D eigenvalue weighted by Gasteiger charge is -2.39. The maximum atomic E-state index is 13.5. The van der Waals surface area contributed by atoms with Crippen molar-refractivity contribution in [3.05, 3.63) is 76.3 Å². The molecule has 1 aliphatic rings. The Hall–Kier alpha value is -2.78. The third-order valence-corrected chi connectivity index (χ3v) is 7.02. The summed E-state index contributed by atoms with van der Waals surface area (Å²) in [6, 6.07) is 12.6. The summed E-state index contributed by atoms with van der Waals surface area (Å²) in [5, 5.41) is 3.79. The van der Waals surface area contributed by atoms with Gasteiger partial charge in [-0.05, 0) is 61.2 Å². The number of urea groups is 1. The van der Waals surface area contributed by atoms with Gasteiger partial charge in [-0.1, -0.05) is 54.0 Å². The molecule has 0 unspecified atom stereocenters. The Kier molecular flexibility index (Phi) is 10.2. The quantitative estimate of drug-likeness (QED) is 0.234. The molecule has 0 aliphatic carbocycles. The fourth-order valence-corrected chi connectivity index (χ4v) is 4.62. The van der Waals surface area contributed by atoms with Crippen molar-refractivity contribution in [3.63, 3.8) is 0 Å². The standard InChI is InChI=1S/C28H31Cl2N3O2/c1-3-5-8-15-32-16-13-24(14-17-32)33(28(35)31-23-11-12-26(29)27(30)19-23)20-22-10-7-6-9-21(22)18-25(34)4-2/h1,4,6-7,9-12,19,24H,2,5,8,13-18,20H2,(H,31,35). The molecule has 1 heterocycles. The minimum absolute atomic E-state index is 0.0514. The molecule has 1 saturated heterocycles. The average molecular weight is 512 g/mol. The molecule has 0 radical (unpaired) electrons. The fourth-order valence-electron chi connectivity index (χ4n) is 4.32. The van der Waals surface area contributed by atoms with E-state index in [-0.39, 0.29) is 24.3 Å². The molecule has 1 fully saturated rings. The van der Waals surface area contributed by atoms with Crippen LogP contribution in [0.1, 0.15) is 36.8 Å². The third-order valence-electron chi connectivity index (χ3n) is 6.28. The van der Waals surface area contributed by atoms with Gasteiger partial charge in [-0.15, -0.1) is 12.3 Å². The molecule has 0 aromatic heterocycles. The molecule has 5 nitrogen and oxygen atoms in total. The van der Waals surface area contributed by atoms with Crippen LogP contribution in [0.25, 0.3) is 0 Å². The van der Waals surface area contributed by atoms with Crippen LogP contribution in [0.15, 0.2) is 55.1 Å². The summed E-state index contributed by atoms with van der Waals surface area (Å²) >= 11 is 12.2. The molecule has 1 N–H and O–H groups in total. The second-order valence-corrected chi connectivity index (χ2v) is 9.50. The Labute approximate surface area is 218 Å². The predicted octanol–water partition coefficient (Wildman–Crippen LogP) is 6.20. The number of terminal acetylenes is 1. The highest BCUT2D eigenvalue weighted by Gasteiger charge is 2.29.